The molecule has 0 amide bonds. The first kappa shape index (κ1) is 10.9. The van der Waals surface area contributed by atoms with Crippen LogP contribution in [0.1, 0.15) is 17.3 Å². The lowest BCUT2D eigenvalue weighted by Gasteiger charge is -2.04. The Morgan fingerprint density at radius 3 is 2.86 bits per heavy atom. The van der Waals surface area contributed by atoms with Crippen LogP contribution in [0.5, 0.6) is 0 Å². The van der Waals surface area contributed by atoms with Crippen LogP contribution >= 0.6 is 15.9 Å². The molecule has 1 aromatic carbocycles. The monoisotopic (exact) mass is 255 g/mol. The van der Waals surface area contributed by atoms with Crippen LogP contribution in [0, 0.1) is 23.1 Å². The molecule has 0 bridgehead atoms. The van der Waals surface area contributed by atoms with Gasteiger partial charge < -0.3 is 0 Å². The van der Waals surface area contributed by atoms with E-state index in [1.165, 1.54) is 25.1 Å². The Morgan fingerprint density at radius 2 is 2.29 bits per heavy atom. The van der Waals surface area contributed by atoms with Crippen molar-refractivity contribution in [2.24, 2.45) is 5.92 Å². The topological polar surface area (TPSA) is 40.9 Å². The fourth-order valence-electron chi connectivity index (χ4n) is 0.986. The lowest BCUT2D eigenvalue weighted by molar-refractivity contribution is 0.0955. The predicted octanol–water partition coefficient (Wildman–Crippen LogP) is 2.93. The SMILES string of the molecule is CC(C#N)C(=O)c1cccc(F)c1Br. The second kappa shape index (κ2) is 4.34. The summed E-state index contributed by atoms with van der Waals surface area (Å²) in [5.41, 5.74) is 0.207. The molecule has 0 saturated heterocycles. The van der Waals surface area contributed by atoms with Crippen molar-refractivity contribution >= 4 is 21.7 Å². The van der Waals surface area contributed by atoms with Gasteiger partial charge in [0, 0.05) is 5.56 Å². The third-order valence-corrected chi connectivity index (χ3v) is 2.61. The molecule has 0 aliphatic heterocycles. The van der Waals surface area contributed by atoms with Crippen LogP contribution < -0.4 is 0 Å². The lowest BCUT2D eigenvalue weighted by atomic mass is 10.0. The molecule has 4 heteroatoms. The van der Waals surface area contributed by atoms with E-state index >= 15 is 0 Å². The number of nitrogens with zero attached hydrogens (tertiary/aromatic N) is 1. The van der Waals surface area contributed by atoms with Crippen molar-refractivity contribution in [1.82, 2.24) is 0 Å². The largest absolute Gasteiger partial charge is 0.293 e. The van der Waals surface area contributed by atoms with Crippen molar-refractivity contribution in [2.75, 3.05) is 0 Å². The number of ketones is 1. The Hall–Kier alpha value is -1.21. The molecule has 0 fully saturated rings. The van der Waals surface area contributed by atoms with Gasteiger partial charge in [0.1, 0.15) is 11.7 Å². The smallest absolute Gasteiger partial charge is 0.180 e. The molecule has 0 aromatic heterocycles. The molecule has 1 aromatic rings. The maximum atomic E-state index is 13.0. The van der Waals surface area contributed by atoms with Gasteiger partial charge in [0.05, 0.1) is 10.5 Å². The summed E-state index contributed by atoms with van der Waals surface area (Å²) in [5, 5.41) is 8.55. The van der Waals surface area contributed by atoms with Crippen molar-refractivity contribution in [3.05, 3.63) is 34.1 Å². The molecule has 1 atom stereocenters. The maximum absolute atomic E-state index is 13.0. The number of carbonyl (C=O) groups is 1. The number of carbonyl (C=O) groups excluding carboxylic acids is 1. The molecule has 1 rings (SSSR count). The summed E-state index contributed by atoms with van der Waals surface area (Å²) in [6.07, 6.45) is 0. The van der Waals surface area contributed by atoms with Crippen LogP contribution in [-0.4, -0.2) is 5.78 Å². The standard InChI is InChI=1S/C10H7BrFNO/c1-6(5-13)10(14)7-3-2-4-8(12)9(7)11/h2-4,6H,1H3. The van der Waals surface area contributed by atoms with Gasteiger partial charge in [-0.25, -0.2) is 4.39 Å². The Morgan fingerprint density at radius 1 is 1.64 bits per heavy atom. The number of hydrogen-bond donors (Lipinski definition) is 0. The molecule has 0 aliphatic rings. The van der Waals surface area contributed by atoms with Crippen molar-refractivity contribution in [2.45, 2.75) is 6.92 Å². The molecule has 0 heterocycles. The molecular formula is C10H7BrFNO. The van der Waals surface area contributed by atoms with Gasteiger partial charge in [0.2, 0.25) is 0 Å². The molecule has 0 radical (unpaired) electrons. The third kappa shape index (κ3) is 1.99. The van der Waals surface area contributed by atoms with Crippen molar-refractivity contribution in [1.29, 1.82) is 5.26 Å². The first-order valence-corrected chi connectivity index (χ1v) is 4.75. The minimum absolute atomic E-state index is 0.118. The summed E-state index contributed by atoms with van der Waals surface area (Å²) in [4.78, 5) is 11.5. The molecular weight excluding hydrogens is 249 g/mol. The average molecular weight is 256 g/mol. The molecule has 0 spiro atoms. The number of hydrogen-bond acceptors (Lipinski definition) is 2. The number of benzene rings is 1. The Kier molecular flexibility index (Phi) is 3.37. The summed E-state index contributed by atoms with van der Waals surface area (Å²) in [5.74, 6) is -1.63. The second-order valence-electron chi connectivity index (χ2n) is 2.82. The van der Waals surface area contributed by atoms with Crippen LogP contribution in [0.15, 0.2) is 22.7 Å². The third-order valence-electron chi connectivity index (χ3n) is 1.80. The molecule has 0 saturated carbocycles. The number of halogens is 2. The van der Waals surface area contributed by atoms with E-state index in [0.717, 1.165) is 0 Å². The van der Waals surface area contributed by atoms with E-state index in [0.29, 0.717) is 0 Å². The zero-order chi connectivity index (χ0) is 10.7. The van der Waals surface area contributed by atoms with E-state index in [1.807, 2.05) is 6.07 Å². The molecule has 72 valence electrons. The molecule has 0 N–H and O–H groups in total. The lowest BCUT2D eigenvalue weighted by Crippen LogP contribution is -2.10. The number of Topliss-reactive ketones (excluding diaryl/α,β-unsaturated/α-hetero) is 1. The van der Waals surface area contributed by atoms with Gasteiger partial charge in [-0.05, 0) is 28.9 Å². The molecule has 14 heavy (non-hydrogen) atoms. The molecule has 2 nitrogen and oxygen atoms in total. The highest BCUT2D eigenvalue weighted by molar-refractivity contribution is 9.10. The van der Waals surface area contributed by atoms with Gasteiger partial charge in [0.15, 0.2) is 5.78 Å². The Balaban J connectivity index is 3.15. The Bertz CT molecular complexity index is 411. The van der Waals surface area contributed by atoms with Gasteiger partial charge >= 0.3 is 0 Å². The van der Waals surface area contributed by atoms with Crippen molar-refractivity contribution in [3.63, 3.8) is 0 Å². The van der Waals surface area contributed by atoms with E-state index < -0.39 is 11.7 Å². The van der Waals surface area contributed by atoms with Crippen molar-refractivity contribution in [3.8, 4) is 6.07 Å². The van der Waals surface area contributed by atoms with E-state index in [9.17, 15) is 9.18 Å². The highest BCUT2D eigenvalue weighted by atomic mass is 79.9. The zero-order valence-corrected chi connectivity index (χ0v) is 9.01. The molecule has 1 unspecified atom stereocenters. The fraction of sp³-hybridized carbons (Fsp3) is 0.200. The van der Waals surface area contributed by atoms with E-state index in [1.54, 1.807) is 0 Å². The highest BCUT2D eigenvalue weighted by Gasteiger charge is 2.18. The normalized spacial score (nSPS) is 11.9. The van der Waals surface area contributed by atoms with Crippen LogP contribution in [0.25, 0.3) is 0 Å². The van der Waals surface area contributed by atoms with Crippen LogP contribution in [0.4, 0.5) is 4.39 Å². The summed E-state index contributed by atoms with van der Waals surface area (Å²) < 4.78 is 13.1. The number of rotatable bonds is 2. The minimum atomic E-state index is -0.756. The van der Waals surface area contributed by atoms with Crippen LogP contribution in [-0.2, 0) is 0 Å². The highest BCUT2D eigenvalue weighted by Crippen LogP contribution is 2.22. The van der Waals surface area contributed by atoms with Gasteiger partial charge in [-0.3, -0.25) is 4.79 Å². The van der Waals surface area contributed by atoms with E-state index in [4.69, 9.17) is 5.26 Å². The predicted molar refractivity (Wildman–Crippen MR) is 53.2 cm³/mol. The quantitative estimate of drug-likeness (QED) is 0.763. The molecule has 0 aliphatic carbocycles. The minimum Gasteiger partial charge on any atom is -0.293 e. The summed E-state index contributed by atoms with van der Waals surface area (Å²) in [7, 11) is 0. The average Bonchev–Trinajstić information content (AvgIpc) is 2.20. The van der Waals surface area contributed by atoms with E-state index in [-0.39, 0.29) is 15.8 Å². The number of nitriles is 1. The van der Waals surface area contributed by atoms with E-state index in [2.05, 4.69) is 15.9 Å². The van der Waals surface area contributed by atoms with Gasteiger partial charge in [0.25, 0.3) is 0 Å². The van der Waals surface area contributed by atoms with Crippen molar-refractivity contribution < 1.29 is 9.18 Å². The summed E-state index contributed by atoms with van der Waals surface area (Å²) in [6.45, 7) is 1.49. The fourth-order valence-corrected chi connectivity index (χ4v) is 1.45. The summed E-state index contributed by atoms with van der Waals surface area (Å²) >= 11 is 2.97. The second-order valence-corrected chi connectivity index (χ2v) is 3.61. The van der Waals surface area contributed by atoms with Gasteiger partial charge in [-0.2, -0.15) is 5.26 Å². The summed E-state index contributed by atoms with van der Waals surface area (Å²) in [6, 6.07) is 6.00. The first-order chi connectivity index (χ1) is 6.57. The Labute approximate surface area is 89.5 Å². The van der Waals surface area contributed by atoms with Crippen LogP contribution in [0.3, 0.4) is 0 Å². The zero-order valence-electron chi connectivity index (χ0n) is 7.42. The van der Waals surface area contributed by atoms with Crippen LogP contribution in [0.2, 0.25) is 0 Å². The van der Waals surface area contributed by atoms with Gasteiger partial charge in [-0.1, -0.05) is 12.1 Å². The first-order valence-electron chi connectivity index (χ1n) is 3.95. The maximum Gasteiger partial charge on any atom is 0.180 e. The van der Waals surface area contributed by atoms with Gasteiger partial charge in [-0.15, -0.1) is 0 Å².